The van der Waals surface area contributed by atoms with Gasteiger partial charge in [0.05, 0.1) is 6.33 Å². The summed E-state index contributed by atoms with van der Waals surface area (Å²) in [5.74, 6) is 0.803. The Morgan fingerprint density at radius 1 is 1.38 bits per heavy atom. The highest BCUT2D eigenvalue weighted by Gasteiger charge is 2.09. The van der Waals surface area contributed by atoms with Crippen LogP contribution >= 0.6 is 0 Å². The second-order valence-corrected chi connectivity index (χ2v) is 4.13. The molecule has 6 nitrogen and oxygen atoms in total. The van der Waals surface area contributed by atoms with Gasteiger partial charge in [0.1, 0.15) is 11.8 Å². The zero-order valence-corrected chi connectivity index (χ0v) is 9.73. The number of fused-ring (bicyclic) bond motifs is 1. The van der Waals surface area contributed by atoms with Gasteiger partial charge in [-0.3, -0.25) is 0 Å². The van der Waals surface area contributed by atoms with Crippen LogP contribution in [0.2, 0.25) is 0 Å². The van der Waals surface area contributed by atoms with Crippen molar-refractivity contribution in [2.45, 2.75) is 13.0 Å². The fourth-order valence-corrected chi connectivity index (χ4v) is 1.70. The van der Waals surface area contributed by atoms with E-state index in [4.69, 9.17) is 0 Å². The van der Waals surface area contributed by atoms with Crippen LogP contribution in [0.3, 0.4) is 0 Å². The van der Waals surface area contributed by atoms with Crippen molar-refractivity contribution in [2.24, 2.45) is 0 Å². The molecule has 0 fully saturated rings. The van der Waals surface area contributed by atoms with Crippen LogP contribution in [0.25, 0.3) is 11.2 Å². The van der Waals surface area contributed by atoms with Gasteiger partial charge >= 0.3 is 0 Å². The minimum absolute atomic E-state index is 0.316. The summed E-state index contributed by atoms with van der Waals surface area (Å²) in [5, 5.41) is 3.34. The van der Waals surface area contributed by atoms with E-state index < -0.39 is 0 Å². The highest BCUT2D eigenvalue weighted by atomic mass is 15.1. The van der Waals surface area contributed by atoms with Crippen molar-refractivity contribution in [1.29, 1.82) is 0 Å². The van der Waals surface area contributed by atoms with Crippen LogP contribution in [0.15, 0.2) is 12.7 Å². The van der Waals surface area contributed by atoms with E-state index in [1.54, 1.807) is 6.33 Å². The lowest BCUT2D eigenvalue weighted by atomic mass is 10.3. The zero-order chi connectivity index (χ0) is 11.5. The summed E-state index contributed by atoms with van der Waals surface area (Å²) in [6.45, 7) is 3.06. The van der Waals surface area contributed by atoms with E-state index >= 15 is 0 Å². The zero-order valence-electron chi connectivity index (χ0n) is 9.73. The van der Waals surface area contributed by atoms with Crippen molar-refractivity contribution in [3.8, 4) is 0 Å². The number of aromatic amines is 1. The summed E-state index contributed by atoms with van der Waals surface area (Å²) in [6, 6.07) is 0.316. The fourth-order valence-electron chi connectivity index (χ4n) is 1.70. The van der Waals surface area contributed by atoms with Gasteiger partial charge in [-0.2, -0.15) is 0 Å². The molecule has 0 bridgehead atoms. The maximum absolute atomic E-state index is 4.21. The third-order valence-corrected chi connectivity index (χ3v) is 2.25. The Morgan fingerprint density at radius 2 is 2.19 bits per heavy atom. The van der Waals surface area contributed by atoms with E-state index in [1.807, 2.05) is 14.1 Å². The van der Waals surface area contributed by atoms with Crippen LogP contribution in [0.1, 0.15) is 6.92 Å². The number of likely N-dealkylation sites (N-methyl/N-ethyl adjacent to an activating group) is 1. The predicted octanol–water partition coefficient (Wildman–Crippen LogP) is 0.715. The average Bonchev–Trinajstić information content (AvgIpc) is 2.65. The minimum Gasteiger partial charge on any atom is -0.364 e. The van der Waals surface area contributed by atoms with Gasteiger partial charge in [0, 0.05) is 12.6 Å². The van der Waals surface area contributed by atoms with E-state index in [1.165, 1.54) is 6.33 Å². The van der Waals surface area contributed by atoms with Crippen molar-refractivity contribution in [2.75, 3.05) is 26.0 Å². The monoisotopic (exact) mass is 220 g/mol. The third-order valence-electron chi connectivity index (χ3n) is 2.25. The van der Waals surface area contributed by atoms with E-state index in [0.29, 0.717) is 11.7 Å². The molecule has 0 aliphatic rings. The molecule has 0 radical (unpaired) electrons. The van der Waals surface area contributed by atoms with Crippen molar-refractivity contribution in [1.82, 2.24) is 24.8 Å². The van der Waals surface area contributed by atoms with Crippen LogP contribution in [0, 0.1) is 0 Å². The normalized spacial score (nSPS) is 13.2. The summed E-state index contributed by atoms with van der Waals surface area (Å²) in [6.07, 6.45) is 3.15. The summed E-state index contributed by atoms with van der Waals surface area (Å²) in [5.41, 5.74) is 1.54. The lowest BCUT2D eigenvalue weighted by Gasteiger charge is -2.18. The van der Waals surface area contributed by atoms with Gasteiger partial charge in [0.25, 0.3) is 0 Å². The Morgan fingerprint density at radius 3 is 2.94 bits per heavy atom. The Labute approximate surface area is 94.1 Å². The fraction of sp³-hybridized carbons (Fsp3) is 0.500. The van der Waals surface area contributed by atoms with Crippen molar-refractivity contribution >= 4 is 17.0 Å². The van der Waals surface area contributed by atoms with Crippen molar-refractivity contribution in [3.63, 3.8) is 0 Å². The third kappa shape index (κ3) is 2.27. The number of H-pyrrole nitrogens is 1. The minimum atomic E-state index is 0.316. The largest absolute Gasteiger partial charge is 0.364 e. The van der Waals surface area contributed by atoms with Crippen molar-refractivity contribution < 1.29 is 0 Å². The Kier molecular flexibility index (Phi) is 3.00. The van der Waals surface area contributed by atoms with Gasteiger partial charge in [-0.15, -0.1) is 0 Å². The van der Waals surface area contributed by atoms with Gasteiger partial charge in [-0.1, -0.05) is 0 Å². The molecule has 6 heteroatoms. The average molecular weight is 220 g/mol. The van der Waals surface area contributed by atoms with Gasteiger partial charge in [-0.25, -0.2) is 15.0 Å². The first-order valence-electron chi connectivity index (χ1n) is 5.22. The van der Waals surface area contributed by atoms with E-state index in [-0.39, 0.29) is 0 Å². The van der Waals surface area contributed by atoms with Gasteiger partial charge in [0.15, 0.2) is 11.5 Å². The first kappa shape index (κ1) is 10.8. The molecule has 0 aromatic carbocycles. The summed E-state index contributed by atoms with van der Waals surface area (Å²) < 4.78 is 0. The molecule has 2 aromatic heterocycles. The summed E-state index contributed by atoms with van der Waals surface area (Å²) in [7, 11) is 4.09. The van der Waals surface area contributed by atoms with Crippen LogP contribution < -0.4 is 5.32 Å². The molecule has 16 heavy (non-hydrogen) atoms. The van der Waals surface area contributed by atoms with Crippen LogP contribution in [0.4, 0.5) is 5.82 Å². The van der Waals surface area contributed by atoms with Gasteiger partial charge in [0.2, 0.25) is 0 Å². The van der Waals surface area contributed by atoms with Crippen LogP contribution in [0.5, 0.6) is 0 Å². The molecular formula is C10H16N6. The number of rotatable bonds is 4. The number of hydrogen-bond acceptors (Lipinski definition) is 5. The summed E-state index contributed by atoms with van der Waals surface area (Å²) in [4.78, 5) is 17.5. The first-order chi connectivity index (χ1) is 7.66. The molecule has 2 N–H and O–H groups in total. The maximum Gasteiger partial charge on any atom is 0.182 e. The highest BCUT2D eigenvalue weighted by Crippen LogP contribution is 2.15. The molecular weight excluding hydrogens is 204 g/mol. The van der Waals surface area contributed by atoms with Crippen molar-refractivity contribution in [3.05, 3.63) is 12.7 Å². The molecule has 1 unspecified atom stereocenters. The molecule has 1 atom stereocenters. The van der Waals surface area contributed by atoms with Crippen LogP contribution in [-0.2, 0) is 0 Å². The molecule has 86 valence electrons. The maximum atomic E-state index is 4.21. The molecule has 0 spiro atoms. The molecule has 2 rings (SSSR count). The highest BCUT2D eigenvalue weighted by molar-refractivity contribution is 5.81. The molecule has 2 heterocycles. The number of hydrogen-bond donors (Lipinski definition) is 2. The smallest absolute Gasteiger partial charge is 0.182 e. The molecule has 0 aliphatic carbocycles. The van der Waals surface area contributed by atoms with E-state index in [2.05, 4.69) is 37.1 Å². The molecule has 2 aromatic rings. The predicted molar refractivity (Wildman–Crippen MR) is 63.3 cm³/mol. The molecule has 0 aliphatic heterocycles. The molecule has 0 saturated heterocycles. The molecule has 0 saturated carbocycles. The molecule has 0 amide bonds. The quantitative estimate of drug-likeness (QED) is 0.794. The Hall–Kier alpha value is -1.69. The van der Waals surface area contributed by atoms with Gasteiger partial charge < -0.3 is 15.2 Å². The number of anilines is 1. The summed E-state index contributed by atoms with van der Waals surface area (Å²) >= 11 is 0. The van der Waals surface area contributed by atoms with Gasteiger partial charge in [-0.05, 0) is 21.0 Å². The standard InChI is InChI=1S/C10H16N6/c1-7(4-16(2)3)15-10-8-9(12-5-11-8)13-6-14-10/h5-7H,4H2,1-3H3,(H2,11,12,13,14,15). The van der Waals surface area contributed by atoms with E-state index in [9.17, 15) is 0 Å². The topological polar surface area (TPSA) is 69.7 Å². The second kappa shape index (κ2) is 4.44. The number of aromatic nitrogens is 4. The number of nitrogens with one attached hydrogen (secondary N) is 2. The Bertz CT molecular complexity index is 463. The Balaban J connectivity index is 2.17. The SMILES string of the molecule is CC(CN(C)C)Nc1ncnc2nc[nH]c12. The lowest BCUT2D eigenvalue weighted by Crippen LogP contribution is -2.30. The lowest BCUT2D eigenvalue weighted by molar-refractivity contribution is 0.392. The van der Waals surface area contributed by atoms with Crippen LogP contribution in [-0.4, -0.2) is 51.5 Å². The number of nitrogens with zero attached hydrogens (tertiary/aromatic N) is 4. The second-order valence-electron chi connectivity index (χ2n) is 4.13. The van der Waals surface area contributed by atoms with E-state index in [0.717, 1.165) is 17.9 Å². The first-order valence-corrected chi connectivity index (χ1v) is 5.22. The number of imidazole rings is 1.